The Morgan fingerprint density at radius 2 is 2.06 bits per heavy atom. The molecule has 0 aliphatic rings. The molecule has 0 saturated carbocycles. The second-order valence-electron chi connectivity index (χ2n) is 4.41. The van der Waals surface area contributed by atoms with Gasteiger partial charge >= 0.3 is 0 Å². The fraction of sp³-hybridized carbons (Fsp3) is 0.385. The number of nitrogens with one attached hydrogen (secondary N) is 1. The lowest BCUT2D eigenvalue weighted by Crippen LogP contribution is -2.09. The van der Waals surface area contributed by atoms with Crippen molar-refractivity contribution in [3.8, 4) is 0 Å². The van der Waals surface area contributed by atoms with E-state index in [2.05, 4.69) is 42.1 Å². The maximum absolute atomic E-state index is 5.82. The Labute approximate surface area is 116 Å². The van der Waals surface area contributed by atoms with Crippen LogP contribution >= 0.6 is 22.9 Å². The first kappa shape index (κ1) is 13.3. The Morgan fingerprint density at radius 3 is 2.67 bits per heavy atom. The van der Waals surface area contributed by atoms with Gasteiger partial charge in [-0.1, -0.05) is 0 Å². The third kappa shape index (κ3) is 2.82. The molecule has 5 heteroatoms. The van der Waals surface area contributed by atoms with E-state index in [1.54, 1.807) is 6.20 Å². The summed E-state index contributed by atoms with van der Waals surface area (Å²) in [5.74, 6) is 0.797. The van der Waals surface area contributed by atoms with Crippen molar-refractivity contribution in [1.29, 1.82) is 0 Å². The van der Waals surface area contributed by atoms with Crippen molar-refractivity contribution in [2.24, 2.45) is 0 Å². The molecule has 1 unspecified atom stereocenters. The standard InChI is InChI=1S/C13H16ClN3S/c1-7-6-15-13(14)17-12(7)16-9(3)11-5-8(2)18-10(11)4/h5-6,9H,1-4H3,(H,15,16,17). The van der Waals surface area contributed by atoms with Gasteiger partial charge in [-0.3, -0.25) is 0 Å². The maximum atomic E-state index is 5.82. The second kappa shape index (κ2) is 5.24. The van der Waals surface area contributed by atoms with E-state index in [1.807, 2.05) is 18.3 Å². The van der Waals surface area contributed by atoms with Crippen molar-refractivity contribution in [2.45, 2.75) is 33.7 Å². The number of hydrogen-bond donors (Lipinski definition) is 1. The molecule has 0 aromatic carbocycles. The summed E-state index contributed by atoms with van der Waals surface area (Å²) in [6.07, 6.45) is 1.73. The van der Waals surface area contributed by atoms with E-state index in [-0.39, 0.29) is 11.3 Å². The molecule has 3 nitrogen and oxygen atoms in total. The zero-order valence-electron chi connectivity index (χ0n) is 10.9. The quantitative estimate of drug-likeness (QED) is 0.853. The molecule has 2 aromatic rings. The molecule has 0 bridgehead atoms. The first-order valence-electron chi connectivity index (χ1n) is 5.80. The van der Waals surface area contributed by atoms with E-state index < -0.39 is 0 Å². The highest BCUT2D eigenvalue weighted by atomic mass is 35.5. The Balaban J connectivity index is 2.23. The molecule has 0 aliphatic carbocycles. The van der Waals surface area contributed by atoms with Gasteiger partial charge in [0.25, 0.3) is 0 Å². The fourth-order valence-corrected chi connectivity index (χ4v) is 3.09. The smallest absolute Gasteiger partial charge is 0.224 e. The Bertz CT molecular complexity index is 565. The third-order valence-electron chi connectivity index (χ3n) is 2.84. The van der Waals surface area contributed by atoms with Crippen LogP contribution in [-0.4, -0.2) is 9.97 Å². The van der Waals surface area contributed by atoms with Crippen molar-refractivity contribution < 1.29 is 0 Å². The van der Waals surface area contributed by atoms with Crippen molar-refractivity contribution in [1.82, 2.24) is 9.97 Å². The summed E-state index contributed by atoms with van der Waals surface area (Å²) in [6, 6.07) is 2.43. The van der Waals surface area contributed by atoms with Crippen LogP contribution < -0.4 is 5.32 Å². The molecule has 0 amide bonds. The highest BCUT2D eigenvalue weighted by molar-refractivity contribution is 7.12. The van der Waals surface area contributed by atoms with Gasteiger partial charge in [-0.05, 0) is 50.9 Å². The van der Waals surface area contributed by atoms with Crippen LogP contribution in [-0.2, 0) is 0 Å². The van der Waals surface area contributed by atoms with Crippen molar-refractivity contribution in [2.75, 3.05) is 5.32 Å². The molecule has 2 rings (SSSR count). The number of hydrogen-bond acceptors (Lipinski definition) is 4. The molecule has 96 valence electrons. The normalized spacial score (nSPS) is 12.5. The minimum absolute atomic E-state index is 0.208. The average molecular weight is 282 g/mol. The molecule has 2 aromatic heterocycles. The SMILES string of the molecule is Cc1cc(C(C)Nc2nc(Cl)ncc2C)c(C)s1. The number of halogens is 1. The molecule has 0 fully saturated rings. The van der Waals surface area contributed by atoms with Gasteiger partial charge in [-0.2, -0.15) is 0 Å². The van der Waals surface area contributed by atoms with Crippen LogP contribution in [0, 0.1) is 20.8 Å². The predicted molar refractivity (Wildman–Crippen MR) is 77.6 cm³/mol. The summed E-state index contributed by atoms with van der Waals surface area (Å²) in [5.41, 5.74) is 2.31. The Kier molecular flexibility index (Phi) is 3.88. The maximum Gasteiger partial charge on any atom is 0.224 e. The van der Waals surface area contributed by atoms with Gasteiger partial charge in [0.2, 0.25) is 5.28 Å². The van der Waals surface area contributed by atoms with Crippen LogP contribution in [0.2, 0.25) is 5.28 Å². The monoisotopic (exact) mass is 281 g/mol. The highest BCUT2D eigenvalue weighted by Crippen LogP contribution is 2.28. The topological polar surface area (TPSA) is 37.8 Å². The van der Waals surface area contributed by atoms with Gasteiger partial charge in [0.1, 0.15) is 5.82 Å². The molecular weight excluding hydrogens is 266 g/mol. The molecule has 18 heavy (non-hydrogen) atoms. The van der Waals surface area contributed by atoms with Gasteiger partial charge in [0.15, 0.2) is 0 Å². The molecule has 1 atom stereocenters. The number of anilines is 1. The van der Waals surface area contributed by atoms with Crippen LogP contribution in [0.3, 0.4) is 0 Å². The minimum Gasteiger partial charge on any atom is -0.363 e. The lowest BCUT2D eigenvalue weighted by Gasteiger charge is -2.16. The molecule has 0 radical (unpaired) electrons. The summed E-state index contributed by atoms with van der Waals surface area (Å²) in [6.45, 7) is 8.37. The van der Waals surface area contributed by atoms with E-state index in [0.717, 1.165) is 11.4 Å². The average Bonchev–Trinajstić information content (AvgIpc) is 2.63. The van der Waals surface area contributed by atoms with Crippen LogP contribution in [0.15, 0.2) is 12.3 Å². The van der Waals surface area contributed by atoms with Crippen LogP contribution in [0.1, 0.15) is 33.8 Å². The molecule has 0 aliphatic heterocycles. The van der Waals surface area contributed by atoms with Crippen molar-refractivity contribution in [3.05, 3.63) is 38.4 Å². The number of aromatic nitrogens is 2. The molecule has 2 heterocycles. The van der Waals surface area contributed by atoms with E-state index in [4.69, 9.17) is 11.6 Å². The zero-order valence-corrected chi connectivity index (χ0v) is 12.5. The zero-order chi connectivity index (χ0) is 13.3. The number of rotatable bonds is 3. The fourth-order valence-electron chi connectivity index (χ4n) is 1.93. The van der Waals surface area contributed by atoms with E-state index in [9.17, 15) is 0 Å². The van der Waals surface area contributed by atoms with Crippen LogP contribution in [0.25, 0.3) is 0 Å². The summed E-state index contributed by atoms with van der Waals surface area (Å²) >= 11 is 7.64. The molecule has 1 N–H and O–H groups in total. The lowest BCUT2D eigenvalue weighted by molar-refractivity contribution is 0.865. The van der Waals surface area contributed by atoms with Gasteiger partial charge in [0, 0.05) is 21.5 Å². The summed E-state index contributed by atoms with van der Waals surface area (Å²) in [4.78, 5) is 10.8. The van der Waals surface area contributed by atoms with Gasteiger partial charge in [-0.25, -0.2) is 9.97 Å². The summed E-state index contributed by atoms with van der Waals surface area (Å²) in [5, 5.41) is 3.66. The van der Waals surface area contributed by atoms with E-state index >= 15 is 0 Å². The highest BCUT2D eigenvalue weighted by Gasteiger charge is 2.13. The third-order valence-corrected chi connectivity index (χ3v) is 4.01. The minimum atomic E-state index is 0.208. The second-order valence-corrected chi connectivity index (χ2v) is 6.20. The van der Waals surface area contributed by atoms with Gasteiger partial charge < -0.3 is 5.32 Å². The summed E-state index contributed by atoms with van der Waals surface area (Å²) in [7, 11) is 0. The molecule has 0 spiro atoms. The van der Waals surface area contributed by atoms with Crippen molar-refractivity contribution >= 4 is 28.8 Å². The van der Waals surface area contributed by atoms with Gasteiger partial charge in [0.05, 0.1) is 6.04 Å². The number of thiophene rings is 1. The Morgan fingerprint density at radius 1 is 1.33 bits per heavy atom. The first-order chi connectivity index (χ1) is 8.47. The van der Waals surface area contributed by atoms with Gasteiger partial charge in [-0.15, -0.1) is 11.3 Å². The molecular formula is C13H16ClN3S. The molecule has 0 saturated heterocycles. The first-order valence-corrected chi connectivity index (χ1v) is 6.99. The van der Waals surface area contributed by atoms with Crippen LogP contribution in [0.5, 0.6) is 0 Å². The lowest BCUT2D eigenvalue weighted by atomic mass is 10.1. The van der Waals surface area contributed by atoms with E-state index in [1.165, 1.54) is 15.3 Å². The van der Waals surface area contributed by atoms with Crippen LogP contribution in [0.4, 0.5) is 5.82 Å². The van der Waals surface area contributed by atoms with Crippen molar-refractivity contribution in [3.63, 3.8) is 0 Å². The number of nitrogens with zero attached hydrogens (tertiary/aromatic N) is 2. The predicted octanol–water partition coefficient (Wildman–Crippen LogP) is 4.29. The number of aryl methyl sites for hydroxylation is 3. The van der Waals surface area contributed by atoms with E-state index in [0.29, 0.717) is 0 Å². The largest absolute Gasteiger partial charge is 0.363 e. The summed E-state index contributed by atoms with van der Waals surface area (Å²) < 4.78 is 0. The Hall–Kier alpha value is -1.13.